The number of benzene rings is 2. The number of piperidine rings is 1. The molecule has 2 aromatic carbocycles. The van der Waals surface area contributed by atoms with Crippen LogP contribution in [-0.4, -0.2) is 73.0 Å². The molecule has 3 aromatic rings. The summed E-state index contributed by atoms with van der Waals surface area (Å²) in [5.41, 5.74) is 2.82. The van der Waals surface area contributed by atoms with E-state index < -0.39 is 0 Å². The predicted molar refractivity (Wildman–Crippen MR) is 151 cm³/mol. The molecule has 3 aliphatic rings. The molecular weight excluding hydrogens is 494 g/mol. The standard InChI is InChI=1S/C30H39N5O4/c1-34-11-4-3-7-15-36-26-17-23-24(18-27(26)37-16-8-14-35-12-5-2-6-13-35)31-20-32-30(23)33-28-22(19-34)9-10-25-29(28)39-21-38-25/h9-10,17-18,20H,2-8,11-16,19,21H2,1H3,(H,31,32,33). The van der Waals surface area contributed by atoms with Crippen LogP contribution in [0, 0.1) is 0 Å². The van der Waals surface area contributed by atoms with Crippen LogP contribution in [0.3, 0.4) is 0 Å². The quantitative estimate of drug-likeness (QED) is 0.437. The van der Waals surface area contributed by atoms with Crippen molar-refractivity contribution in [2.45, 2.75) is 51.5 Å². The second kappa shape index (κ2) is 12.3. The van der Waals surface area contributed by atoms with Gasteiger partial charge < -0.3 is 34.1 Å². The van der Waals surface area contributed by atoms with E-state index >= 15 is 0 Å². The Kier molecular flexibility index (Phi) is 8.16. The molecular formula is C30H39N5O4. The number of aromatic nitrogens is 2. The number of ether oxygens (including phenoxy) is 4. The Labute approximate surface area is 230 Å². The summed E-state index contributed by atoms with van der Waals surface area (Å²) < 4.78 is 24.2. The topological polar surface area (TPSA) is 81.2 Å². The highest BCUT2D eigenvalue weighted by atomic mass is 16.7. The Morgan fingerprint density at radius 2 is 1.79 bits per heavy atom. The van der Waals surface area contributed by atoms with Gasteiger partial charge in [-0.05, 0) is 82.9 Å². The molecule has 0 aliphatic carbocycles. The van der Waals surface area contributed by atoms with E-state index in [1.165, 1.54) is 32.4 Å². The molecule has 9 heteroatoms. The van der Waals surface area contributed by atoms with Crippen molar-refractivity contribution in [3.63, 3.8) is 0 Å². The predicted octanol–water partition coefficient (Wildman–Crippen LogP) is 5.35. The Balaban J connectivity index is 1.30. The van der Waals surface area contributed by atoms with Crippen LogP contribution in [0.15, 0.2) is 30.6 Å². The zero-order chi connectivity index (χ0) is 26.4. The van der Waals surface area contributed by atoms with Gasteiger partial charge in [-0.2, -0.15) is 0 Å². The number of rotatable bonds is 5. The van der Waals surface area contributed by atoms with Gasteiger partial charge in [-0.25, -0.2) is 9.97 Å². The fourth-order valence-corrected chi connectivity index (χ4v) is 5.66. The molecule has 0 atom stereocenters. The maximum atomic E-state index is 6.31. The summed E-state index contributed by atoms with van der Waals surface area (Å²) >= 11 is 0. The summed E-state index contributed by atoms with van der Waals surface area (Å²) in [4.78, 5) is 14.1. The molecule has 1 aromatic heterocycles. The summed E-state index contributed by atoms with van der Waals surface area (Å²) in [5, 5.41) is 4.45. The van der Waals surface area contributed by atoms with Crippen molar-refractivity contribution < 1.29 is 18.9 Å². The Morgan fingerprint density at radius 1 is 0.923 bits per heavy atom. The Bertz CT molecular complexity index is 1280. The van der Waals surface area contributed by atoms with E-state index in [2.05, 4.69) is 38.2 Å². The Hall–Kier alpha value is -3.30. The van der Waals surface area contributed by atoms with Gasteiger partial charge in [-0.3, -0.25) is 0 Å². The van der Waals surface area contributed by atoms with E-state index in [0.717, 1.165) is 90.5 Å². The van der Waals surface area contributed by atoms with Gasteiger partial charge in [0.05, 0.1) is 24.4 Å². The molecule has 39 heavy (non-hydrogen) atoms. The first-order valence-electron chi connectivity index (χ1n) is 14.4. The van der Waals surface area contributed by atoms with E-state index in [9.17, 15) is 0 Å². The zero-order valence-corrected chi connectivity index (χ0v) is 22.9. The first-order valence-corrected chi connectivity index (χ1v) is 14.4. The second-order valence-electron chi connectivity index (χ2n) is 10.7. The number of nitrogens with zero attached hydrogens (tertiary/aromatic N) is 4. The lowest BCUT2D eigenvalue weighted by atomic mass is 10.1. The molecule has 1 saturated heterocycles. The number of nitrogens with one attached hydrogen (secondary N) is 1. The molecule has 0 spiro atoms. The minimum absolute atomic E-state index is 0.213. The number of anilines is 2. The SMILES string of the molecule is CN1CCCCCOc2cc3c(ncnc3cc2OCCCN2CCCCC2)Nc2c(ccc3c2OCO3)C1. The van der Waals surface area contributed by atoms with E-state index in [-0.39, 0.29) is 6.79 Å². The average Bonchev–Trinajstić information content (AvgIpc) is 3.44. The molecule has 4 heterocycles. The summed E-state index contributed by atoms with van der Waals surface area (Å²) in [5.74, 6) is 3.65. The molecule has 1 fully saturated rings. The molecule has 2 bridgehead atoms. The van der Waals surface area contributed by atoms with E-state index in [1.807, 2.05) is 18.2 Å². The van der Waals surface area contributed by atoms with Crippen LogP contribution >= 0.6 is 0 Å². The molecule has 3 aliphatic heterocycles. The molecule has 208 valence electrons. The molecule has 0 saturated carbocycles. The largest absolute Gasteiger partial charge is 0.490 e. The normalized spacial score (nSPS) is 18.6. The summed E-state index contributed by atoms with van der Waals surface area (Å²) in [6.45, 7) is 6.79. The maximum Gasteiger partial charge on any atom is 0.231 e. The van der Waals surface area contributed by atoms with Gasteiger partial charge in [-0.15, -0.1) is 0 Å². The third-order valence-corrected chi connectivity index (χ3v) is 7.78. The molecule has 9 nitrogen and oxygen atoms in total. The van der Waals surface area contributed by atoms with Crippen LogP contribution in [0.2, 0.25) is 0 Å². The highest BCUT2D eigenvalue weighted by molar-refractivity contribution is 5.94. The van der Waals surface area contributed by atoms with Crippen LogP contribution in [0.4, 0.5) is 11.5 Å². The molecule has 1 N–H and O–H groups in total. The minimum atomic E-state index is 0.213. The van der Waals surface area contributed by atoms with E-state index in [4.69, 9.17) is 18.9 Å². The molecule has 6 rings (SSSR count). The lowest BCUT2D eigenvalue weighted by Crippen LogP contribution is -2.31. The lowest BCUT2D eigenvalue weighted by Gasteiger charge is -2.26. The van der Waals surface area contributed by atoms with Gasteiger partial charge >= 0.3 is 0 Å². The van der Waals surface area contributed by atoms with Crippen molar-refractivity contribution >= 4 is 22.4 Å². The van der Waals surface area contributed by atoms with Crippen molar-refractivity contribution in [2.75, 3.05) is 58.6 Å². The summed E-state index contributed by atoms with van der Waals surface area (Å²) in [6, 6.07) is 8.10. The van der Waals surface area contributed by atoms with Crippen LogP contribution in [0.5, 0.6) is 23.0 Å². The van der Waals surface area contributed by atoms with Crippen molar-refractivity contribution in [1.29, 1.82) is 0 Å². The smallest absolute Gasteiger partial charge is 0.231 e. The third-order valence-electron chi connectivity index (χ3n) is 7.78. The van der Waals surface area contributed by atoms with Crippen molar-refractivity contribution in [2.24, 2.45) is 0 Å². The first kappa shape index (κ1) is 26.0. The lowest BCUT2D eigenvalue weighted by molar-refractivity contribution is 0.174. The van der Waals surface area contributed by atoms with Gasteiger partial charge in [0.2, 0.25) is 6.79 Å². The average molecular weight is 534 g/mol. The number of hydrogen-bond donors (Lipinski definition) is 1. The van der Waals surface area contributed by atoms with Gasteiger partial charge in [0.15, 0.2) is 23.0 Å². The molecule has 0 amide bonds. The highest BCUT2D eigenvalue weighted by Crippen LogP contribution is 2.44. The van der Waals surface area contributed by atoms with Gasteiger partial charge in [0.1, 0.15) is 12.1 Å². The minimum Gasteiger partial charge on any atom is -0.490 e. The van der Waals surface area contributed by atoms with Gasteiger partial charge in [0.25, 0.3) is 0 Å². The Morgan fingerprint density at radius 3 is 2.72 bits per heavy atom. The monoisotopic (exact) mass is 533 g/mol. The fourth-order valence-electron chi connectivity index (χ4n) is 5.66. The molecule has 0 unspecified atom stereocenters. The zero-order valence-electron chi connectivity index (χ0n) is 22.9. The number of fused-ring (bicyclic) bond motifs is 4. The van der Waals surface area contributed by atoms with Crippen LogP contribution in [-0.2, 0) is 6.54 Å². The number of hydrogen-bond acceptors (Lipinski definition) is 9. The van der Waals surface area contributed by atoms with Crippen LogP contribution < -0.4 is 24.3 Å². The van der Waals surface area contributed by atoms with E-state index in [1.54, 1.807) is 6.33 Å². The number of likely N-dealkylation sites (tertiary alicyclic amines) is 1. The highest BCUT2D eigenvalue weighted by Gasteiger charge is 2.23. The van der Waals surface area contributed by atoms with Crippen molar-refractivity contribution in [3.05, 3.63) is 36.2 Å². The van der Waals surface area contributed by atoms with Gasteiger partial charge in [-0.1, -0.05) is 12.5 Å². The third kappa shape index (κ3) is 6.15. The van der Waals surface area contributed by atoms with E-state index in [0.29, 0.717) is 19.0 Å². The fraction of sp³-hybridized carbons (Fsp3) is 0.533. The van der Waals surface area contributed by atoms with Gasteiger partial charge in [0, 0.05) is 24.5 Å². The van der Waals surface area contributed by atoms with Crippen LogP contribution in [0.25, 0.3) is 10.9 Å². The maximum absolute atomic E-state index is 6.31. The molecule has 0 radical (unpaired) electrons. The summed E-state index contributed by atoms with van der Waals surface area (Å²) in [6.07, 6.45) is 9.76. The van der Waals surface area contributed by atoms with Crippen LogP contribution in [0.1, 0.15) is 50.5 Å². The second-order valence-corrected chi connectivity index (χ2v) is 10.7. The summed E-state index contributed by atoms with van der Waals surface area (Å²) in [7, 11) is 2.16. The van der Waals surface area contributed by atoms with Crippen molar-refractivity contribution in [1.82, 2.24) is 19.8 Å². The first-order chi connectivity index (χ1) is 19.2. The van der Waals surface area contributed by atoms with Crippen molar-refractivity contribution in [3.8, 4) is 23.0 Å².